The van der Waals surface area contributed by atoms with Crippen LogP contribution in [0.2, 0.25) is 10.0 Å². The van der Waals surface area contributed by atoms with Crippen molar-refractivity contribution in [2.75, 3.05) is 7.11 Å². The van der Waals surface area contributed by atoms with Gasteiger partial charge in [-0.15, -0.1) is 0 Å². The van der Waals surface area contributed by atoms with Crippen molar-refractivity contribution in [1.82, 2.24) is 4.98 Å². The third kappa shape index (κ3) is 2.64. The molecule has 0 radical (unpaired) electrons. The number of ether oxygens (including phenoxy) is 1. The Kier molecular flexibility index (Phi) is 3.93. The number of hydrogen-bond donors (Lipinski definition) is 1. The van der Waals surface area contributed by atoms with E-state index in [-0.39, 0.29) is 5.56 Å². The van der Waals surface area contributed by atoms with E-state index in [0.717, 1.165) is 0 Å². The smallest absolute Gasteiger partial charge is 0.343 e. The lowest BCUT2D eigenvalue weighted by molar-refractivity contribution is 0.0598. The van der Waals surface area contributed by atoms with Crippen molar-refractivity contribution in [3.05, 3.63) is 56.4 Å². The molecule has 0 saturated heterocycles. The van der Waals surface area contributed by atoms with Gasteiger partial charge in [-0.3, -0.25) is 4.79 Å². The maximum Gasteiger partial charge on any atom is 0.343 e. The second-order valence-electron chi connectivity index (χ2n) is 3.72. The molecule has 2 aromatic rings. The van der Waals surface area contributed by atoms with Crippen LogP contribution in [-0.4, -0.2) is 18.1 Å². The van der Waals surface area contributed by atoms with Gasteiger partial charge in [0.1, 0.15) is 5.56 Å². The average Bonchev–Trinajstić information content (AvgIpc) is 2.39. The SMILES string of the molecule is COC(=O)c1cc(-c2c(Cl)cccc2Cl)c[nH]c1=O. The zero-order valence-corrected chi connectivity index (χ0v) is 11.4. The Bertz CT molecular complexity index is 674. The molecule has 1 heterocycles. The molecule has 4 nitrogen and oxygen atoms in total. The number of aromatic amines is 1. The molecule has 0 unspecified atom stereocenters. The number of pyridine rings is 1. The van der Waals surface area contributed by atoms with Crippen LogP contribution in [0.3, 0.4) is 0 Å². The fourth-order valence-electron chi connectivity index (χ4n) is 1.66. The third-order valence-corrected chi connectivity index (χ3v) is 3.19. The first-order chi connectivity index (χ1) is 9.04. The van der Waals surface area contributed by atoms with Gasteiger partial charge in [0, 0.05) is 27.4 Å². The van der Waals surface area contributed by atoms with Crippen molar-refractivity contribution in [1.29, 1.82) is 0 Å². The molecule has 0 atom stereocenters. The molecular weight excluding hydrogens is 289 g/mol. The number of hydrogen-bond acceptors (Lipinski definition) is 3. The number of halogens is 2. The zero-order valence-electron chi connectivity index (χ0n) is 9.87. The summed E-state index contributed by atoms with van der Waals surface area (Å²) >= 11 is 12.2. The number of carbonyl (C=O) groups is 1. The van der Waals surface area contributed by atoms with Crippen molar-refractivity contribution in [3.8, 4) is 11.1 Å². The van der Waals surface area contributed by atoms with Gasteiger partial charge in [-0.1, -0.05) is 29.3 Å². The minimum absolute atomic E-state index is 0.101. The van der Waals surface area contributed by atoms with E-state index in [1.54, 1.807) is 18.2 Å². The molecule has 1 aromatic heterocycles. The summed E-state index contributed by atoms with van der Waals surface area (Å²) in [6.45, 7) is 0. The molecule has 98 valence electrons. The molecule has 19 heavy (non-hydrogen) atoms. The second-order valence-corrected chi connectivity index (χ2v) is 4.53. The number of carbonyl (C=O) groups excluding carboxylic acids is 1. The molecule has 6 heteroatoms. The first-order valence-corrected chi connectivity index (χ1v) is 6.05. The minimum atomic E-state index is -0.716. The van der Waals surface area contributed by atoms with Crippen molar-refractivity contribution >= 4 is 29.2 Å². The number of nitrogens with one attached hydrogen (secondary N) is 1. The van der Waals surface area contributed by atoms with Crippen LogP contribution in [-0.2, 0) is 4.74 Å². The molecule has 0 spiro atoms. The van der Waals surface area contributed by atoms with E-state index in [1.807, 2.05) is 0 Å². The normalized spacial score (nSPS) is 10.3. The van der Waals surface area contributed by atoms with Gasteiger partial charge in [0.25, 0.3) is 5.56 Å². The molecule has 1 aromatic carbocycles. The molecule has 0 aliphatic rings. The van der Waals surface area contributed by atoms with Gasteiger partial charge in [-0.05, 0) is 18.2 Å². The van der Waals surface area contributed by atoms with Crippen molar-refractivity contribution in [2.24, 2.45) is 0 Å². The summed E-state index contributed by atoms with van der Waals surface area (Å²) in [6, 6.07) is 6.45. The van der Waals surface area contributed by atoms with Gasteiger partial charge >= 0.3 is 5.97 Å². The largest absolute Gasteiger partial charge is 0.465 e. The molecule has 0 saturated carbocycles. The van der Waals surface area contributed by atoms with Crippen molar-refractivity contribution in [2.45, 2.75) is 0 Å². The first kappa shape index (κ1) is 13.6. The highest BCUT2D eigenvalue weighted by atomic mass is 35.5. The summed E-state index contributed by atoms with van der Waals surface area (Å²) in [5.74, 6) is -0.716. The number of benzene rings is 1. The zero-order chi connectivity index (χ0) is 14.0. The number of rotatable bonds is 2. The number of esters is 1. The summed E-state index contributed by atoms with van der Waals surface area (Å²) in [7, 11) is 1.21. The van der Waals surface area contributed by atoms with Crippen LogP contribution in [0.25, 0.3) is 11.1 Å². The summed E-state index contributed by atoms with van der Waals surface area (Å²) in [5, 5.41) is 0.853. The van der Waals surface area contributed by atoms with Gasteiger partial charge in [0.05, 0.1) is 7.11 Å². The standard InChI is InChI=1S/C13H9Cl2NO3/c1-19-13(18)8-5-7(6-16-12(8)17)11-9(14)3-2-4-10(11)15/h2-6H,1H3,(H,16,17). The van der Waals surface area contributed by atoms with E-state index >= 15 is 0 Å². The van der Waals surface area contributed by atoms with Crippen LogP contribution in [0.15, 0.2) is 35.3 Å². The molecule has 0 aliphatic heterocycles. The van der Waals surface area contributed by atoms with Gasteiger partial charge in [-0.2, -0.15) is 0 Å². The molecule has 0 bridgehead atoms. The van der Waals surface area contributed by atoms with Crippen LogP contribution in [0.5, 0.6) is 0 Å². The van der Waals surface area contributed by atoms with Crippen LogP contribution < -0.4 is 5.56 Å². The van der Waals surface area contributed by atoms with E-state index in [2.05, 4.69) is 9.72 Å². The predicted octanol–water partition coefficient (Wildman–Crippen LogP) is 3.14. The summed E-state index contributed by atoms with van der Waals surface area (Å²) < 4.78 is 4.54. The molecule has 0 aliphatic carbocycles. The fraction of sp³-hybridized carbons (Fsp3) is 0.0769. The Morgan fingerprint density at radius 2 is 1.89 bits per heavy atom. The maximum absolute atomic E-state index is 11.6. The van der Waals surface area contributed by atoms with Crippen molar-refractivity contribution < 1.29 is 9.53 Å². The quantitative estimate of drug-likeness (QED) is 0.866. The monoisotopic (exact) mass is 297 g/mol. The molecule has 0 fully saturated rings. The van der Waals surface area contributed by atoms with Gasteiger partial charge < -0.3 is 9.72 Å². The Hall–Kier alpha value is -1.78. The van der Waals surface area contributed by atoms with Crippen LogP contribution in [0.4, 0.5) is 0 Å². The summed E-state index contributed by atoms with van der Waals surface area (Å²) in [6.07, 6.45) is 1.45. The van der Waals surface area contributed by atoms with Crippen LogP contribution >= 0.6 is 23.2 Å². The highest BCUT2D eigenvalue weighted by Crippen LogP contribution is 2.34. The Morgan fingerprint density at radius 1 is 1.26 bits per heavy atom. The molecule has 1 N–H and O–H groups in total. The highest BCUT2D eigenvalue weighted by molar-refractivity contribution is 6.39. The maximum atomic E-state index is 11.6. The Balaban J connectivity index is 2.65. The van der Waals surface area contributed by atoms with E-state index in [0.29, 0.717) is 21.2 Å². The number of H-pyrrole nitrogens is 1. The van der Waals surface area contributed by atoms with Gasteiger partial charge in [0.2, 0.25) is 0 Å². The average molecular weight is 298 g/mol. The number of methoxy groups -OCH3 is 1. The lowest BCUT2D eigenvalue weighted by atomic mass is 10.1. The lowest BCUT2D eigenvalue weighted by Gasteiger charge is -2.08. The Labute approximate surface area is 118 Å². The Morgan fingerprint density at radius 3 is 2.47 bits per heavy atom. The first-order valence-electron chi connectivity index (χ1n) is 5.30. The van der Waals surface area contributed by atoms with Crippen LogP contribution in [0, 0.1) is 0 Å². The summed E-state index contributed by atoms with van der Waals surface area (Å²) in [4.78, 5) is 25.5. The van der Waals surface area contributed by atoms with E-state index in [1.165, 1.54) is 19.4 Å². The van der Waals surface area contributed by atoms with Gasteiger partial charge in [0.15, 0.2) is 0 Å². The number of aromatic nitrogens is 1. The highest BCUT2D eigenvalue weighted by Gasteiger charge is 2.15. The molecule has 2 rings (SSSR count). The van der Waals surface area contributed by atoms with Crippen LogP contribution in [0.1, 0.15) is 10.4 Å². The molecule has 0 amide bonds. The lowest BCUT2D eigenvalue weighted by Crippen LogP contribution is -2.18. The predicted molar refractivity (Wildman–Crippen MR) is 73.9 cm³/mol. The van der Waals surface area contributed by atoms with Gasteiger partial charge in [-0.25, -0.2) is 4.79 Å². The topological polar surface area (TPSA) is 59.2 Å². The molecular formula is C13H9Cl2NO3. The van der Waals surface area contributed by atoms with E-state index in [4.69, 9.17) is 23.2 Å². The van der Waals surface area contributed by atoms with E-state index < -0.39 is 11.5 Å². The summed E-state index contributed by atoms with van der Waals surface area (Å²) in [5.41, 5.74) is 0.456. The third-order valence-electron chi connectivity index (χ3n) is 2.56. The van der Waals surface area contributed by atoms with Crippen molar-refractivity contribution in [3.63, 3.8) is 0 Å². The minimum Gasteiger partial charge on any atom is -0.465 e. The second kappa shape index (κ2) is 5.47. The van der Waals surface area contributed by atoms with E-state index in [9.17, 15) is 9.59 Å². The fourth-order valence-corrected chi connectivity index (χ4v) is 2.28.